The minimum absolute atomic E-state index is 0.187. The number of nitrogens with one attached hydrogen (secondary N) is 1. The molecule has 0 aliphatic rings. The van der Waals surface area contributed by atoms with Gasteiger partial charge in [-0.2, -0.15) is 0 Å². The van der Waals surface area contributed by atoms with E-state index in [-0.39, 0.29) is 5.12 Å². The number of thioether (sulfide) groups is 1. The molecule has 0 amide bonds. The van der Waals surface area contributed by atoms with Gasteiger partial charge in [0.05, 0.1) is 0 Å². The molecule has 0 bridgehead atoms. The smallest absolute Gasteiger partial charge is 0.185 e. The van der Waals surface area contributed by atoms with Crippen LogP contribution in [0.5, 0.6) is 0 Å². The van der Waals surface area contributed by atoms with Crippen molar-refractivity contribution in [1.29, 1.82) is 0 Å². The van der Waals surface area contributed by atoms with Gasteiger partial charge < -0.3 is 4.98 Å². The van der Waals surface area contributed by atoms with Gasteiger partial charge in [-0.05, 0) is 17.5 Å². The fourth-order valence-corrected chi connectivity index (χ4v) is 2.50. The molecule has 1 unspecified atom stereocenters. The predicted octanol–water partition coefficient (Wildman–Crippen LogP) is 3.55. The Morgan fingerprint density at radius 2 is 2.19 bits per heavy atom. The zero-order valence-corrected chi connectivity index (χ0v) is 10.3. The van der Waals surface area contributed by atoms with Crippen molar-refractivity contribution >= 4 is 27.8 Å². The maximum atomic E-state index is 10.9. The number of aromatic nitrogens is 1. The Balaban J connectivity index is 2.22. The number of carbonyl (C=O) groups is 1. The molecule has 2 rings (SSSR count). The van der Waals surface area contributed by atoms with E-state index in [1.807, 2.05) is 12.1 Å². The van der Waals surface area contributed by atoms with Crippen LogP contribution in [0.4, 0.5) is 0 Å². The third kappa shape index (κ3) is 2.30. The van der Waals surface area contributed by atoms with Crippen LogP contribution >= 0.6 is 11.8 Å². The summed E-state index contributed by atoms with van der Waals surface area (Å²) in [4.78, 5) is 14.2. The van der Waals surface area contributed by atoms with Gasteiger partial charge in [0, 0.05) is 29.8 Å². The van der Waals surface area contributed by atoms with Crippen LogP contribution in [0.25, 0.3) is 10.9 Å². The number of rotatable bonds is 3. The van der Waals surface area contributed by atoms with Gasteiger partial charge in [-0.25, -0.2) is 0 Å². The minimum Gasteiger partial charge on any atom is -0.361 e. The molecule has 0 radical (unpaired) electrons. The first-order valence-corrected chi connectivity index (χ1v) is 6.36. The van der Waals surface area contributed by atoms with Crippen molar-refractivity contribution in [2.75, 3.05) is 5.75 Å². The molecular weight excluding hydrogens is 218 g/mol. The molecule has 1 atom stereocenters. The molecule has 84 valence electrons. The van der Waals surface area contributed by atoms with Crippen molar-refractivity contribution in [2.24, 2.45) is 0 Å². The highest BCUT2D eigenvalue weighted by Crippen LogP contribution is 2.27. The molecule has 1 aromatic heterocycles. The molecule has 3 heteroatoms. The Hall–Kier alpha value is -1.22. The highest BCUT2D eigenvalue weighted by molar-refractivity contribution is 8.13. The summed E-state index contributed by atoms with van der Waals surface area (Å²) in [5.74, 6) is 1.24. The molecule has 2 nitrogen and oxygen atoms in total. The van der Waals surface area contributed by atoms with Crippen LogP contribution in [0.3, 0.4) is 0 Å². The number of para-hydroxylation sites is 1. The van der Waals surface area contributed by atoms with Gasteiger partial charge in [-0.3, -0.25) is 4.79 Å². The third-order valence-electron chi connectivity index (χ3n) is 2.69. The Morgan fingerprint density at radius 1 is 1.44 bits per heavy atom. The van der Waals surface area contributed by atoms with E-state index in [1.165, 1.54) is 22.7 Å². The summed E-state index contributed by atoms with van der Waals surface area (Å²) in [5.41, 5.74) is 2.46. The highest BCUT2D eigenvalue weighted by atomic mass is 32.2. The van der Waals surface area contributed by atoms with Gasteiger partial charge in [0.15, 0.2) is 5.12 Å². The standard InChI is InChI=1S/C13H15NOS/c1-9(8-16-10(2)15)12-7-14-13-6-4-3-5-11(12)13/h3-7,9,14H,8H2,1-2H3. The molecule has 0 saturated carbocycles. The third-order valence-corrected chi connectivity index (χ3v) is 3.76. The topological polar surface area (TPSA) is 32.9 Å². The van der Waals surface area contributed by atoms with E-state index in [0.29, 0.717) is 5.92 Å². The number of carbonyl (C=O) groups excluding carboxylic acids is 1. The zero-order valence-electron chi connectivity index (χ0n) is 9.49. The van der Waals surface area contributed by atoms with Crippen LogP contribution in [0.2, 0.25) is 0 Å². The SMILES string of the molecule is CC(=O)SCC(C)c1c[nH]c2ccccc12. The van der Waals surface area contributed by atoms with E-state index >= 15 is 0 Å². The van der Waals surface area contributed by atoms with Crippen LogP contribution in [0.1, 0.15) is 25.3 Å². The first-order chi connectivity index (χ1) is 7.68. The fourth-order valence-electron chi connectivity index (χ4n) is 1.83. The summed E-state index contributed by atoms with van der Waals surface area (Å²) in [5, 5.41) is 1.45. The Kier molecular flexibility index (Phi) is 3.34. The van der Waals surface area contributed by atoms with Gasteiger partial charge >= 0.3 is 0 Å². The second-order valence-electron chi connectivity index (χ2n) is 3.99. The highest BCUT2D eigenvalue weighted by Gasteiger charge is 2.11. The van der Waals surface area contributed by atoms with E-state index in [9.17, 15) is 4.79 Å². The van der Waals surface area contributed by atoms with E-state index < -0.39 is 0 Å². The van der Waals surface area contributed by atoms with Crippen molar-refractivity contribution in [2.45, 2.75) is 19.8 Å². The van der Waals surface area contributed by atoms with Gasteiger partial charge in [-0.1, -0.05) is 36.9 Å². The first kappa shape index (κ1) is 11.3. The molecule has 0 fully saturated rings. The zero-order chi connectivity index (χ0) is 11.5. The molecule has 0 aliphatic carbocycles. The fraction of sp³-hybridized carbons (Fsp3) is 0.308. The molecule has 0 spiro atoms. The number of H-pyrrole nitrogens is 1. The number of aromatic amines is 1. The van der Waals surface area contributed by atoms with Gasteiger partial charge in [-0.15, -0.1) is 0 Å². The van der Waals surface area contributed by atoms with Crippen molar-refractivity contribution in [3.05, 3.63) is 36.0 Å². The molecular formula is C13H15NOS. The normalized spacial score (nSPS) is 12.9. The lowest BCUT2D eigenvalue weighted by Crippen LogP contribution is -1.97. The van der Waals surface area contributed by atoms with Crippen molar-refractivity contribution in [3.8, 4) is 0 Å². The quantitative estimate of drug-likeness (QED) is 0.879. The molecule has 0 aliphatic heterocycles. The second kappa shape index (κ2) is 4.74. The molecule has 1 N–H and O–H groups in total. The van der Waals surface area contributed by atoms with E-state index in [2.05, 4.69) is 30.2 Å². The summed E-state index contributed by atoms with van der Waals surface area (Å²) < 4.78 is 0. The largest absolute Gasteiger partial charge is 0.361 e. The van der Waals surface area contributed by atoms with Crippen LogP contribution in [-0.4, -0.2) is 15.9 Å². The van der Waals surface area contributed by atoms with E-state index in [4.69, 9.17) is 0 Å². The van der Waals surface area contributed by atoms with Crippen molar-refractivity contribution in [1.82, 2.24) is 4.98 Å². The number of fused-ring (bicyclic) bond motifs is 1. The molecule has 16 heavy (non-hydrogen) atoms. The maximum absolute atomic E-state index is 10.9. The van der Waals surface area contributed by atoms with Gasteiger partial charge in [0.2, 0.25) is 0 Å². The lowest BCUT2D eigenvalue weighted by molar-refractivity contribution is -0.109. The maximum Gasteiger partial charge on any atom is 0.185 e. The van der Waals surface area contributed by atoms with Crippen LogP contribution in [0.15, 0.2) is 30.5 Å². The average Bonchev–Trinajstić information content (AvgIpc) is 2.69. The average molecular weight is 233 g/mol. The first-order valence-electron chi connectivity index (χ1n) is 5.38. The van der Waals surface area contributed by atoms with Gasteiger partial charge in [0.25, 0.3) is 0 Å². The van der Waals surface area contributed by atoms with Crippen LogP contribution in [-0.2, 0) is 4.79 Å². The van der Waals surface area contributed by atoms with Crippen LogP contribution < -0.4 is 0 Å². The summed E-state index contributed by atoms with van der Waals surface area (Å²) in [7, 11) is 0. The lowest BCUT2D eigenvalue weighted by atomic mass is 10.0. The second-order valence-corrected chi connectivity index (χ2v) is 5.19. The molecule has 0 saturated heterocycles. The molecule has 2 aromatic rings. The summed E-state index contributed by atoms with van der Waals surface area (Å²) in [6, 6.07) is 8.27. The summed E-state index contributed by atoms with van der Waals surface area (Å²) in [6.45, 7) is 3.78. The predicted molar refractivity (Wildman–Crippen MR) is 69.9 cm³/mol. The number of hydrogen-bond acceptors (Lipinski definition) is 2. The lowest BCUT2D eigenvalue weighted by Gasteiger charge is -2.08. The Morgan fingerprint density at radius 3 is 2.94 bits per heavy atom. The number of hydrogen-bond donors (Lipinski definition) is 1. The van der Waals surface area contributed by atoms with E-state index in [0.717, 1.165) is 11.3 Å². The number of benzene rings is 1. The van der Waals surface area contributed by atoms with E-state index in [1.54, 1.807) is 6.92 Å². The van der Waals surface area contributed by atoms with Crippen molar-refractivity contribution in [3.63, 3.8) is 0 Å². The monoisotopic (exact) mass is 233 g/mol. The van der Waals surface area contributed by atoms with Crippen LogP contribution in [0, 0.1) is 0 Å². The summed E-state index contributed by atoms with van der Waals surface area (Å²) >= 11 is 1.39. The summed E-state index contributed by atoms with van der Waals surface area (Å²) in [6.07, 6.45) is 2.05. The minimum atomic E-state index is 0.187. The molecule has 1 heterocycles. The Bertz CT molecular complexity index is 503. The molecule has 1 aromatic carbocycles. The van der Waals surface area contributed by atoms with Gasteiger partial charge in [0.1, 0.15) is 0 Å². The Labute approximate surface area is 99.4 Å². The van der Waals surface area contributed by atoms with Crippen molar-refractivity contribution < 1.29 is 4.79 Å².